The lowest BCUT2D eigenvalue weighted by Crippen LogP contribution is -2.65. The first kappa shape index (κ1) is 68.6. The largest absolute Gasteiger partial charge is 0.444 e. The van der Waals surface area contributed by atoms with E-state index < -0.39 is 163 Å². The van der Waals surface area contributed by atoms with Gasteiger partial charge in [0.05, 0.1) is 47.7 Å². The van der Waals surface area contributed by atoms with Gasteiger partial charge in [-0.05, 0) is 88.5 Å². The Bertz CT molecular complexity index is 4000. The number of alkyl halides is 4. The summed E-state index contributed by atoms with van der Waals surface area (Å²) in [6.45, 7) is 3.41. The predicted octanol–water partition coefficient (Wildman–Crippen LogP) is 9.75. The maximum atomic E-state index is 15.0. The van der Waals surface area contributed by atoms with Crippen LogP contribution in [0, 0.1) is 45.9 Å². The van der Waals surface area contributed by atoms with E-state index in [0.717, 1.165) is 43.9 Å². The molecule has 4 fully saturated rings. The zero-order chi connectivity index (χ0) is 68.3. The van der Waals surface area contributed by atoms with E-state index in [2.05, 4.69) is 20.6 Å². The number of carbonyl (C=O) groups is 7. The second kappa shape index (κ2) is 27.8. The normalized spacial score (nSPS) is 18.5. The third-order valence-electron chi connectivity index (χ3n) is 15.2. The quantitative estimate of drug-likeness (QED) is 0.0966. The maximum Gasteiger partial charge on any atom is 0.410 e. The van der Waals surface area contributed by atoms with Gasteiger partial charge in [-0.1, -0.05) is 59.6 Å². The fourth-order valence-electron chi connectivity index (χ4n) is 11.1. The molecule has 2 aromatic heterocycles. The molecule has 2 N–H and O–H groups in total. The van der Waals surface area contributed by atoms with Gasteiger partial charge in [0.25, 0.3) is 23.7 Å². The van der Waals surface area contributed by atoms with E-state index in [0.29, 0.717) is 17.0 Å². The number of nitrogens with one attached hydrogen (secondary N) is 2. The zero-order valence-corrected chi connectivity index (χ0v) is 51.7. The van der Waals surface area contributed by atoms with E-state index in [1.807, 2.05) is 12.1 Å². The highest BCUT2D eigenvalue weighted by molar-refractivity contribution is 6.32. The lowest BCUT2D eigenvalue weighted by Gasteiger charge is -2.43. The van der Waals surface area contributed by atoms with Crippen LogP contribution in [-0.2, 0) is 33.5 Å². The molecule has 2 saturated carbocycles. The number of nitriles is 2. The molecule has 2 aliphatic heterocycles. The average molecular weight is 1340 g/mol. The summed E-state index contributed by atoms with van der Waals surface area (Å²) in [7, 11) is 1.58. The average Bonchev–Trinajstić information content (AvgIpc) is 0.763. The van der Waals surface area contributed by atoms with Gasteiger partial charge in [0.1, 0.15) is 71.2 Å². The number of hydrogen-bond donors (Lipinski definition) is 2. The minimum Gasteiger partial charge on any atom is -0.444 e. The summed E-state index contributed by atoms with van der Waals surface area (Å²) in [5.74, 6) is -16.0. The second-order valence-electron chi connectivity index (χ2n) is 23.6. The summed E-state index contributed by atoms with van der Waals surface area (Å²) < 4.78 is 119. The van der Waals surface area contributed by atoms with E-state index in [9.17, 15) is 74.4 Å². The van der Waals surface area contributed by atoms with Gasteiger partial charge in [-0.2, -0.15) is 10.5 Å². The van der Waals surface area contributed by atoms with Crippen LogP contribution in [-0.4, -0.2) is 136 Å². The van der Waals surface area contributed by atoms with Gasteiger partial charge in [0, 0.05) is 90.0 Å². The predicted molar refractivity (Wildman–Crippen MR) is 324 cm³/mol. The molecular formula is C64H56Cl2F8N12O8. The van der Waals surface area contributed by atoms with Crippen LogP contribution in [0.1, 0.15) is 80.8 Å². The molecular weight excluding hydrogens is 1290 g/mol. The topological polar surface area (TPSA) is 246 Å². The molecule has 490 valence electrons. The van der Waals surface area contributed by atoms with E-state index in [1.54, 1.807) is 38.8 Å². The minimum absolute atomic E-state index is 0.0124. The van der Waals surface area contributed by atoms with Gasteiger partial charge in [0.15, 0.2) is 0 Å². The number of amides is 7. The molecule has 94 heavy (non-hydrogen) atoms. The number of pyridine rings is 2. The van der Waals surface area contributed by atoms with Crippen molar-refractivity contribution in [1.29, 1.82) is 10.5 Å². The molecule has 4 atom stereocenters. The molecule has 6 aromatic rings. The maximum absolute atomic E-state index is 15.0. The fourth-order valence-corrected chi connectivity index (χ4v) is 11.6. The molecule has 4 heterocycles. The van der Waals surface area contributed by atoms with Crippen LogP contribution in [0.2, 0.25) is 10.0 Å². The number of halogens is 10. The number of ether oxygens (including phenoxy) is 1. The number of hydrogen-bond acceptors (Lipinski definition) is 13. The molecule has 10 rings (SSSR count). The molecule has 0 spiro atoms. The summed E-state index contributed by atoms with van der Waals surface area (Å²) in [6, 6.07) is 16.6. The smallest absolute Gasteiger partial charge is 0.410 e. The van der Waals surface area contributed by atoms with Crippen LogP contribution >= 0.6 is 23.2 Å². The molecule has 0 bridgehead atoms. The molecule has 2 aliphatic carbocycles. The van der Waals surface area contributed by atoms with Gasteiger partial charge < -0.3 is 15.4 Å². The van der Waals surface area contributed by atoms with Gasteiger partial charge in [-0.25, -0.2) is 49.9 Å². The lowest BCUT2D eigenvalue weighted by molar-refractivity contribution is -0.134. The first-order valence-electron chi connectivity index (χ1n) is 28.8. The van der Waals surface area contributed by atoms with Crippen LogP contribution < -0.4 is 30.2 Å². The Hall–Kier alpha value is -9.77. The van der Waals surface area contributed by atoms with Crippen molar-refractivity contribution in [1.82, 2.24) is 30.4 Å². The van der Waals surface area contributed by atoms with Crippen molar-refractivity contribution in [3.8, 4) is 12.1 Å². The number of piperazine rings is 2. The molecule has 2 saturated heterocycles. The SMILES string of the molecule is CC(C)(C)OC(=O)N1CC(=O)N(c2cc(C#N)ccn2)[C@H](C(=O)N(c2cc(F)cc(F)c2)C(C(=O)NC2CC(F)(F)C2)c2ccccc2Cl)C1.CN1CC(=O)N(c2cc(C#N)ccn2)[C@H](C(=O)N(c2cc(F)cc(F)c2)[C@H](C(=O)NC2CC(F)(F)C2)c2ccccc2Cl)C1. The standard InChI is InChI=1S/C34H31ClF4N6O5.C30H25ClF4N6O3/c1-33(2,3)50-32(49)43-17-26(45(28(46)18-43)27-10-19(16-40)8-9-41-27)31(48)44(23-12-20(36)11-21(37)13-23)29(24-6-4-5-7-25(24)35)30(47)42-22-14-34(38,39)15-22;1-39-15-24(41(26(42)16-39)25-8-17(14-36)6-7-37-25)29(44)40(21-10-18(32)9-19(33)11-21)27(22-4-2-3-5-23(22)31)28(43)38-20-12-30(34,35)13-20/h4-13,22,26,29H,14-15,17-18H2,1-3H3,(H,42,47);2-11,20,24,27H,12-13,15-16H2,1H3,(H,38,43)/t26-,29?;24-,27-/m00/s1. The second-order valence-corrected chi connectivity index (χ2v) is 24.4. The third-order valence-corrected chi connectivity index (χ3v) is 15.9. The van der Waals surface area contributed by atoms with E-state index >= 15 is 4.79 Å². The van der Waals surface area contributed by atoms with E-state index in [4.69, 9.17) is 27.9 Å². The number of likely N-dealkylation sites (N-methyl/N-ethyl adjacent to an activating group) is 1. The number of carbonyl (C=O) groups excluding carboxylic acids is 7. The summed E-state index contributed by atoms with van der Waals surface area (Å²) in [5, 5.41) is 23.9. The van der Waals surface area contributed by atoms with Crippen molar-refractivity contribution in [3.05, 3.63) is 177 Å². The number of rotatable bonds is 14. The fraction of sp³-hybridized carbons (Fsp3) is 0.328. The highest BCUT2D eigenvalue weighted by Crippen LogP contribution is 2.42. The number of nitrogens with zero attached hydrogens (tertiary/aromatic N) is 10. The molecule has 0 radical (unpaired) electrons. The first-order valence-corrected chi connectivity index (χ1v) is 29.5. The third kappa shape index (κ3) is 15.8. The van der Waals surface area contributed by atoms with Gasteiger partial charge in [-0.15, -0.1) is 0 Å². The molecule has 20 nitrogen and oxygen atoms in total. The van der Waals surface area contributed by atoms with Crippen molar-refractivity contribution in [2.24, 2.45) is 0 Å². The number of benzene rings is 4. The molecule has 1 unspecified atom stereocenters. The van der Waals surface area contributed by atoms with E-state index in [1.165, 1.54) is 79.1 Å². The van der Waals surface area contributed by atoms with Gasteiger partial charge >= 0.3 is 6.09 Å². The van der Waals surface area contributed by atoms with Crippen molar-refractivity contribution >= 4 is 87.7 Å². The molecule has 4 aliphatic rings. The Kier molecular flexibility index (Phi) is 20.3. The van der Waals surface area contributed by atoms with Gasteiger partial charge in [-0.3, -0.25) is 58.2 Å². The Balaban J connectivity index is 0.000000223. The number of anilines is 4. The Morgan fingerprint density at radius 1 is 0.606 bits per heavy atom. The Labute approximate surface area is 542 Å². The zero-order valence-electron chi connectivity index (χ0n) is 50.2. The lowest BCUT2D eigenvalue weighted by atomic mass is 9.87. The van der Waals surface area contributed by atoms with Crippen LogP contribution in [0.15, 0.2) is 122 Å². The summed E-state index contributed by atoms with van der Waals surface area (Å²) >= 11 is 13.0. The van der Waals surface area contributed by atoms with E-state index in [-0.39, 0.29) is 62.7 Å². The summed E-state index contributed by atoms with van der Waals surface area (Å²) in [6.07, 6.45) is -1.09. The van der Waals surface area contributed by atoms with Crippen molar-refractivity contribution < 1.29 is 73.4 Å². The van der Waals surface area contributed by atoms with Crippen molar-refractivity contribution in [2.75, 3.05) is 52.8 Å². The van der Waals surface area contributed by atoms with Crippen LogP contribution in [0.25, 0.3) is 0 Å². The Morgan fingerprint density at radius 2 is 0.989 bits per heavy atom. The van der Waals surface area contributed by atoms with Crippen molar-refractivity contribution in [2.45, 2.75) is 100 Å². The van der Waals surface area contributed by atoms with Crippen LogP contribution in [0.3, 0.4) is 0 Å². The number of aromatic nitrogens is 2. The minimum atomic E-state index is -3.03. The molecule has 4 aromatic carbocycles. The summed E-state index contributed by atoms with van der Waals surface area (Å²) in [5.41, 5.74) is -1.66. The highest BCUT2D eigenvalue weighted by atomic mass is 35.5. The summed E-state index contributed by atoms with van der Waals surface area (Å²) in [4.78, 5) is 112. The monoisotopic (exact) mass is 1340 g/mol. The Morgan fingerprint density at radius 3 is 1.36 bits per heavy atom. The van der Waals surface area contributed by atoms with Crippen molar-refractivity contribution in [3.63, 3.8) is 0 Å². The molecule has 30 heteroatoms. The highest BCUT2D eigenvalue weighted by Gasteiger charge is 2.52. The molecule has 7 amide bonds. The van der Waals surface area contributed by atoms with Gasteiger partial charge in [0.2, 0.25) is 23.6 Å². The van der Waals surface area contributed by atoms with Crippen LogP contribution in [0.5, 0.6) is 0 Å². The van der Waals surface area contributed by atoms with Crippen LogP contribution in [0.4, 0.5) is 62.9 Å². The first-order chi connectivity index (χ1) is 44.3.